The minimum Gasteiger partial charge on any atom is -0.353 e. The maximum Gasteiger partial charge on any atom is 0.319 e. The molecule has 1 atom stereocenters. The van der Waals surface area contributed by atoms with Crippen LogP contribution in [0.15, 0.2) is 42.7 Å². The van der Waals surface area contributed by atoms with Gasteiger partial charge in [-0.15, -0.1) is 15.3 Å². The molecule has 0 bridgehead atoms. The largest absolute Gasteiger partial charge is 0.353 e. The molecule has 0 radical (unpaired) electrons. The molecular formula is C16H16ClN7O. The number of aromatic nitrogens is 4. The van der Waals surface area contributed by atoms with Crippen LogP contribution in [-0.4, -0.2) is 45.0 Å². The van der Waals surface area contributed by atoms with Gasteiger partial charge < -0.3 is 15.5 Å². The highest BCUT2D eigenvalue weighted by Gasteiger charge is 2.25. The Morgan fingerprint density at radius 2 is 2.12 bits per heavy atom. The summed E-state index contributed by atoms with van der Waals surface area (Å²) in [6.07, 6.45) is 2.42. The van der Waals surface area contributed by atoms with Crippen LogP contribution in [0.4, 0.5) is 16.3 Å². The van der Waals surface area contributed by atoms with Gasteiger partial charge in [-0.05, 0) is 30.7 Å². The first-order chi connectivity index (χ1) is 12.2. The first-order valence-corrected chi connectivity index (χ1v) is 8.31. The van der Waals surface area contributed by atoms with Crippen LogP contribution in [0.5, 0.6) is 0 Å². The summed E-state index contributed by atoms with van der Waals surface area (Å²) in [7, 11) is 0. The van der Waals surface area contributed by atoms with Gasteiger partial charge in [0, 0.05) is 19.1 Å². The zero-order valence-corrected chi connectivity index (χ0v) is 14.0. The molecule has 1 aliphatic heterocycles. The second-order valence-electron chi connectivity index (χ2n) is 5.84. The summed E-state index contributed by atoms with van der Waals surface area (Å²) in [4.78, 5) is 14.3. The minimum atomic E-state index is -0.262. The van der Waals surface area contributed by atoms with E-state index >= 15 is 0 Å². The quantitative estimate of drug-likeness (QED) is 0.750. The van der Waals surface area contributed by atoms with Crippen LogP contribution in [0.3, 0.4) is 0 Å². The summed E-state index contributed by atoms with van der Waals surface area (Å²) in [5, 5.41) is 18.5. The fourth-order valence-electron chi connectivity index (χ4n) is 2.88. The lowest BCUT2D eigenvalue weighted by Gasteiger charge is -2.18. The number of nitrogens with zero attached hydrogens (tertiary/aromatic N) is 5. The Morgan fingerprint density at radius 1 is 1.24 bits per heavy atom. The van der Waals surface area contributed by atoms with Crippen LogP contribution in [0.1, 0.15) is 6.42 Å². The lowest BCUT2D eigenvalue weighted by molar-refractivity contribution is 0.249. The molecule has 0 aliphatic carbocycles. The monoisotopic (exact) mass is 357 g/mol. The number of benzene rings is 1. The predicted molar refractivity (Wildman–Crippen MR) is 95.0 cm³/mol. The van der Waals surface area contributed by atoms with Crippen molar-refractivity contribution in [2.45, 2.75) is 12.5 Å². The zero-order valence-electron chi connectivity index (χ0n) is 13.3. The lowest BCUT2D eigenvalue weighted by atomic mass is 10.3. The van der Waals surface area contributed by atoms with Crippen molar-refractivity contribution in [3.05, 3.63) is 47.7 Å². The Labute approximate surface area is 148 Å². The third-order valence-electron chi connectivity index (χ3n) is 4.12. The van der Waals surface area contributed by atoms with Crippen molar-refractivity contribution in [2.75, 3.05) is 23.3 Å². The molecule has 3 heterocycles. The van der Waals surface area contributed by atoms with Gasteiger partial charge in [-0.1, -0.05) is 23.7 Å². The van der Waals surface area contributed by atoms with Crippen molar-refractivity contribution in [3.63, 3.8) is 0 Å². The number of rotatable bonds is 3. The van der Waals surface area contributed by atoms with Crippen LogP contribution in [0.25, 0.3) is 5.65 Å². The van der Waals surface area contributed by atoms with Crippen molar-refractivity contribution in [2.24, 2.45) is 0 Å². The highest BCUT2D eigenvalue weighted by atomic mass is 35.5. The average Bonchev–Trinajstić information content (AvgIpc) is 3.25. The van der Waals surface area contributed by atoms with Crippen molar-refractivity contribution in [3.8, 4) is 0 Å². The van der Waals surface area contributed by atoms with Gasteiger partial charge in [0.2, 0.25) is 0 Å². The first-order valence-electron chi connectivity index (χ1n) is 7.93. The molecule has 8 nitrogen and oxygen atoms in total. The number of anilines is 2. The Morgan fingerprint density at radius 3 is 3.00 bits per heavy atom. The van der Waals surface area contributed by atoms with E-state index in [4.69, 9.17) is 11.6 Å². The highest BCUT2D eigenvalue weighted by Crippen LogP contribution is 2.21. The fourth-order valence-corrected chi connectivity index (χ4v) is 3.06. The van der Waals surface area contributed by atoms with Crippen LogP contribution in [0, 0.1) is 0 Å². The molecule has 0 spiro atoms. The summed E-state index contributed by atoms with van der Waals surface area (Å²) in [5.41, 5.74) is 1.30. The number of hydrogen-bond acceptors (Lipinski definition) is 5. The molecule has 25 heavy (non-hydrogen) atoms. The number of carbonyl (C=O) groups excluding carboxylic acids is 1. The van der Waals surface area contributed by atoms with E-state index < -0.39 is 0 Å². The number of hydrogen-bond donors (Lipinski definition) is 2. The van der Waals surface area contributed by atoms with Crippen LogP contribution in [0.2, 0.25) is 5.02 Å². The molecule has 1 fully saturated rings. The first kappa shape index (κ1) is 15.6. The van der Waals surface area contributed by atoms with Crippen molar-refractivity contribution in [1.82, 2.24) is 25.1 Å². The molecule has 1 aromatic carbocycles. The third kappa shape index (κ3) is 3.34. The molecule has 2 aromatic heterocycles. The van der Waals surface area contributed by atoms with Gasteiger partial charge in [0.15, 0.2) is 5.65 Å². The predicted octanol–water partition coefficient (Wildman–Crippen LogP) is 2.18. The Kier molecular flexibility index (Phi) is 4.10. The normalized spacial score (nSPS) is 17.0. The maximum atomic E-state index is 12.2. The van der Waals surface area contributed by atoms with Crippen LogP contribution >= 0.6 is 11.6 Å². The smallest absolute Gasteiger partial charge is 0.319 e. The Bertz CT molecular complexity index is 912. The number of para-hydroxylation sites is 1. The summed E-state index contributed by atoms with van der Waals surface area (Å²) in [5.74, 6) is 0.836. The van der Waals surface area contributed by atoms with E-state index in [-0.39, 0.29) is 12.1 Å². The molecule has 1 unspecified atom stereocenters. The zero-order chi connectivity index (χ0) is 17.2. The summed E-state index contributed by atoms with van der Waals surface area (Å²) in [6.45, 7) is 1.51. The third-order valence-corrected chi connectivity index (χ3v) is 4.45. The number of fused-ring (bicyclic) bond motifs is 1. The van der Waals surface area contributed by atoms with E-state index in [9.17, 15) is 4.79 Å². The second-order valence-corrected chi connectivity index (χ2v) is 6.24. The van der Waals surface area contributed by atoms with Crippen LogP contribution < -0.4 is 15.5 Å². The van der Waals surface area contributed by atoms with Gasteiger partial charge in [0.05, 0.1) is 10.7 Å². The maximum absolute atomic E-state index is 12.2. The van der Waals surface area contributed by atoms with Gasteiger partial charge >= 0.3 is 6.03 Å². The molecule has 3 aromatic rings. The number of halogens is 1. The topological polar surface area (TPSA) is 87.5 Å². The minimum absolute atomic E-state index is 0.0425. The van der Waals surface area contributed by atoms with Crippen LogP contribution in [-0.2, 0) is 0 Å². The molecule has 9 heteroatoms. The van der Waals surface area contributed by atoms with Gasteiger partial charge in [0.1, 0.15) is 12.1 Å². The molecular weight excluding hydrogens is 342 g/mol. The molecule has 4 rings (SSSR count). The summed E-state index contributed by atoms with van der Waals surface area (Å²) >= 11 is 6.05. The van der Waals surface area contributed by atoms with Gasteiger partial charge in [-0.2, -0.15) is 4.52 Å². The van der Waals surface area contributed by atoms with E-state index in [1.165, 1.54) is 0 Å². The SMILES string of the molecule is O=C(Nc1ccccc1Cl)NC1CCN(c2ccc3nncn3n2)C1. The number of carbonyl (C=O) groups is 1. The van der Waals surface area contributed by atoms with Gasteiger partial charge in [-0.25, -0.2) is 4.79 Å². The lowest BCUT2D eigenvalue weighted by Crippen LogP contribution is -2.39. The number of amides is 2. The van der Waals surface area contributed by atoms with E-state index in [0.29, 0.717) is 22.9 Å². The van der Waals surface area contributed by atoms with E-state index in [2.05, 4.69) is 30.8 Å². The van der Waals surface area contributed by atoms with Crippen molar-refractivity contribution in [1.29, 1.82) is 0 Å². The molecule has 1 saturated heterocycles. The number of nitrogens with one attached hydrogen (secondary N) is 2. The van der Waals surface area contributed by atoms with Gasteiger partial charge in [-0.3, -0.25) is 0 Å². The Balaban J connectivity index is 1.37. The molecule has 0 saturated carbocycles. The molecule has 1 aliphatic rings. The van der Waals surface area contributed by atoms with E-state index in [1.54, 1.807) is 23.0 Å². The van der Waals surface area contributed by atoms with E-state index in [0.717, 1.165) is 18.8 Å². The fraction of sp³-hybridized carbons (Fsp3) is 0.250. The number of urea groups is 1. The van der Waals surface area contributed by atoms with Crippen molar-refractivity contribution >= 4 is 34.8 Å². The standard InChI is InChI=1S/C16H16ClN7O/c17-12-3-1-2-4-13(12)20-16(25)19-11-7-8-23(9-11)15-6-5-14-21-18-10-24(14)22-15/h1-6,10-11H,7-9H2,(H2,19,20,25). The summed E-state index contributed by atoms with van der Waals surface area (Å²) < 4.78 is 1.64. The molecule has 2 N–H and O–H groups in total. The van der Waals surface area contributed by atoms with Gasteiger partial charge in [0.25, 0.3) is 0 Å². The molecule has 2 amide bonds. The highest BCUT2D eigenvalue weighted by molar-refractivity contribution is 6.33. The Hall–Kier alpha value is -2.87. The van der Waals surface area contributed by atoms with E-state index in [1.807, 2.05) is 24.3 Å². The van der Waals surface area contributed by atoms with Crippen molar-refractivity contribution < 1.29 is 4.79 Å². The molecule has 128 valence electrons. The summed E-state index contributed by atoms with van der Waals surface area (Å²) in [6, 6.07) is 10.7. The second kappa shape index (κ2) is 6.56. The average molecular weight is 358 g/mol.